The van der Waals surface area contributed by atoms with Gasteiger partial charge in [-0.15, -0.1) is 0 Å². The van der Waals surface area contributed by atoms with E-state index in [1.807, 2.05) is 19.1 Å². The van der Waals surface area contributed by atoms with Crippen molar-refractivity contribution in [1.29, 1.82) is 0 Å². The molecule has 1 heterocycles. The van der Waals surface area contributed by atoms with E-state index in [4.69, 9.17) is 39.5 Å². The molecule has 134 valence electrons. The van der Waals surface area contributed by atoms with Crippen LogP contribution in [0.5, 0.6) is 0 Å². The first-order valence-electron chi connectivity index (χ1n) is 7.90. The highest BCUT2D eigenvalue weighted by Crippen LogP contribution is 2.32. The lowest BCUT2D eigenvalue weighted by Crippen LogP contribution is -2.07. The molecule has 3 aromatic rings. The van der Waals surface area contributed by atoms with Crippen molar-refractivity contribution in [3.8, 4) is 16.9 Å². The third-order valence-corrected chi connectivity index (χ3v) is 4.85. The molecular weight excluding hydrogens is 395 g/mol. The Hall–Kier alpha value is -2.01. The molecule has 4 nitrogen and oxygen atoms in total. The van der Waals surface area contributed by atoms with E-state index in [-0.39, 0.29) is 12.3 Å². The SMILES string of the molecule is CCOC(=O)c1nn(-c2ccc(Cl)c(Cl)c2)c(-c2ccc(Cl)cc2)c1C. The van der Waals surface area contributed by atoms with Crippen LogP contribution in [0.15, 0.2) is 42.5 Å². The van der Waals surface area contributed by atoms with Crippen molar-refractivity contribution >= 4 is 40.8 Å². The normalized spacial score (nSPS) is 10.8. The molecule has 0 amide bonds. The third kappa shape index (κ3) is 3.58. The predicted octanol–water partition coefficient (Wildman–Crippen LogP) is 5.98. The smallest absolute Gasteiger partial charge is 0.359 e. The highest BCUT2D eigenvalue weighted by Gasteiger charge is 2.23. The summed E-state index contributed by atoms with van der Waals surface area (Å²) in [5, 5.41) is 5.94. The largest absolute Gasteiger partial charge is 0.461 e. The molecule has 0 aliphatic carbocycles. The lowest BCUT2D eigenvalue weighted by Gasteiger charge is -2.10. The number of halogens is 3. The van der Waals surface area contributed by atoms with Crippen molar-refractivity contribution in [3.05, 3.63) is 68.8 Å². The molecule has 0 spiro atoms. The Labute approximate surface area is 166 Å². The number of nitrogens with zero attached hydrogens (tertiary/aromatic N) is 2. The van der Waals surface area contributed by atoms with Gasteiger partial charge in [-0.1, -0.05) is 46.9 Å². The standard InChI is InChI=1S/C19H15Cl3N2O2/c1-3-26-19(25)17-11(2)18(12-4-6-13(20)7-5-12)24(23-17)14-8-9-15(21)16(22)10-14/h4-10H,3H2,1-2H3. The van der Waals surface area contributed by atoms with Crippen LogP contribution < -0.4 is 0 Å². The van der Waals surface area contributed by atoms with Crippen LogP contribution in [0, 0.1) is 6.92 Å². The molecule has 0 atom stereocenters. The summed E-state index contributed by atoms with van der Waals surface area (Å²) < 4.78 is 6.79. The Kier molecular flexibility index (Phi) is 5.56. The second-order valence-corrected chi connectivity index (χ2v) is 6.81. The van der Waals surface area contributed by atoms with Gasteiger partial charge in [0.25, 0.3) is 0 Å². The molecule has 0 saturated heterocycles. The van der Waals surface area contributed by atoms with Crippen molar-refractivity contribution < 1.29 is 9.53 Å². The average molecular weight is 410 g/mol. The van der Waals surface area contributed by atoms with Crippen LogP contribution in [-0.2, 0) is 4.74 Å². The van der Waals surface area contributed by atoms with Gasteiger partial charge in [-0.2, -0.15) is 5.10 Å². The zero-order valence-corrected chi connectivity index (χ0v) is 16.4. The number of esters is 1. The Morgan fingerprint density at radius 2 is 1.77 bits per heavy atom. The molecule has 0 aliphatic heterocycles. The van der Waals surface area contributed by atoms with Crippen LogP contribution in [0.2, 0.25) is 15.1 Å². The minimum Gasteiger partial charge on any atom is -0.461 e. The van der Waals surface area contributed by atoms with Gasteiger partial charge in [0.2, 0.25) is 0 Å². The molecule has 0 fully saturated rings. The van der Waals surface area contributed by atoms with Gasteiger partial charge in [-0.3, -0.25) is 0 Å². The van der Waals surface area contributed by atoms with Crippen LogP contribution in [0.1, 0.15) is 23.0 Å². The summed E-state index contributed by atoms with van der Waals surface area (Å²) in [5.41, 5.74) is 3.26. The van der Waals surface area contributed by atoms with E-state index in [1.165, 1.54) is 0 Å². The van der Waals surface area contributed by atoms with E-state index >= 15 is 0 Å². The first-order valence-corrected chi connectivity index (χ1v) is 9.04. The summed E-state index contributed by atoms with van der Waals surface area (Å²) >= 11 is 18.2. The number of hydrogen-bond acceptors (Lipinski definition) is 3. The number of benzene rings is 2. The van der Waals surface area contributed by atoms with E-state index in [1.54, 1.807) is 41.9 Å². The van der Waals surface area contributed by atoms with Crippen LogP contribution in [0.25, 0.3) is 16.9 Å². The van der Waals surface area contributed by atoms with Gasteiger partial charge in [0.05, 0.1) is 28.0 Å². The van der Waals surface area contributed by atoms with Crippen molar-refractivity contribution in [2.75, 3.05) is 6.61 Å². The Morgan fingerprint density at radius 3 is 2.38 bits per heavy atom. The number of ether oxygens (including phenoxy) is 1. The molecule has 2 aromatic carbocycles. The maximum Gasteiger partial charge on any atom is 0.359 e. The second-order valence-electron chi connectivity index (χ2n) is 5.56. The van der Waals surface area contributed by atoms with E-state index < -0.39 is 5.97 Å². The Balaban J connectivity index is 2.24. The molecule has 0 bridgehead atoms. The zero-order valence-electron chi connectivity index (χ0n) is 14.1. The summed E-state index contributed by atoms with van der Waals surface area (Å²) in [6, 6.07) is 12.5. The first kappa shape index (κ1) is 18.8. The highest BCUT2D eigenvalue weighted by molar-refractivity contribution is 6.42. The second kappa shape index (κ2) is 7.70. The van der Waals surface area contributed by atoms with Gasteiger partial charge in [0.15, 0.2) is 5.69 Å². The third-order valence-electron chi connectivity index (χ3n) is 3.86. The summed E-state index contributed by atoms with van der Waals surface area (Å²) in [7, 11) is 0. The fourth-order valence-corrected chi connectivity index (χ4v) is 3.06. The monoisotopic (exact) mass is 408 g/mol. The van der Waals surface area contributed by atoms with E-state index in [0.717, 1.165) is 11.3 Å². The van der Waals surface area contributed by atoms with Crippen molar-refractivity contribution in [3.63, 3.8) is 0 Å². The zero-order chi connectivity index (χ0) is 18.8. The van der Waals surface area contributed by atoms with E-state index in [0.29, 0.717) is 26.3 Å². The van der Waals surface area contributed by atoms with Crippen molar-refractivity contribution in [1.82, 2.24) is 9.78 Å². The van der Waals surface area contributed by atoms with Gasteiger partial charge in [0, 0.05) is 16.1 Å². The van der Waals surface area contributed by atoms with Gasteiger partial charge >= 0.3 is 5.97 Å². The molecule has 0 unspecified atom stereocenters. The number of carbonyl (C=O) groups excluding carboxylic acids is 1. The number of rotatable bonds is 4. The lowest BCUT2D eigenvalue weighted by atomic mass is 10.1. The van der Waals surface area contributed by atoms with Crippen molar-refractivity contribution in [2.24, 2.45) is 0 Å². The molecule has 1 aromatic heterocycles. The van der Waals surface area contributed by atoms with Gasteiger partial charge in [-0.25, -0.2) is 9.48 Å². The topological polar surface area (TPSA) is 44.1 Å². The van der Waals surface area contributed by atoms with Crippen LogP contribution >= 0.6 is 34.8 Å². The van der Waals surface area contributed by atoms with Gasteiger partial charge < -0.3 is 4.74 Å². The van der Waals surface area contributed by atoms with Crippen LogP contribution in [0.3, 0.4) is 0 Å². The fourth-order valence-electron chi connectivity index (χ4n) is 2.64. The van der Waals surface area contributed by atoms with E-state index in [9.17, 15) is 4.79 Å². The lowest BCUT2D eigenvalue weighted by molar-refractivity contribution is 0.0518. The van der Waals surface area contributed by atoms with Gasteiger partial charge in [0.1, 0.15) is 0 Å². The Bertz CT molecular complexity index is 966. The summed E-state index contributed by atoms with van der Waals surface area (Å²) in [4.78, 5) is 12.3. The van der Waals surface area contributed by atoms with Crippen LogP contribution in [-0.4, -0.2) is 22.4 Å². The molecule has 26 heavy (non-hydrogen) atoms. The maximum atomic E-state index is 12.3. The van der Waals surface area contributed by atoms with E-state index in [2.05, 4.69) is 5.10 Å². The maximum absolute atomic E-state index is 12.3. The average Bonchev–Trinajstić information content (AvgIpc) is 2.96. The molecule has 3 rings (SSSR count). The number of carbonyl (C=O) groups is 1. The fraction of sp³-hybridized carbons (Fsp3) is 0.158. The summed E-state index contributed by atoms with van der Waals surface area (Å²) in [6.07, 6.45) is 0. The minimum atomic E-state index is -0.473. The molecule has 0 radical (unpaired) electrons. The number of hydrogen-bond donors (Lipinski definition) is 0. The predicted molar refractivity (Wildman–Crippen MR) is 105 cm³/mol. The van der Waals surface area contributed by atoms with Crippen molar-refractivity contribution in [2.45, 2.75) is 13.8 Å². The number of aromatic nitrogens is 2. The highest BCUT2D eigenvalue weighted by atomic mass is 35.5. The molecule has 7 heteroatoms. The Morgan fingerprint density at radius 1 is 1.08 bits per heavy atom. The quantitative estimate of drug-likeness (QED) is 0.497. The molecule has 0 aliphatic rings. The summed E-state index contributed by atoms with van der Waals surface area (Å²) in [5.74, 6) is -0.473. The minimum absolute atomic E-state index is 0.253. The summed E-state index contributed by atoms with van der Waals surface area (Å²) in [6.45, 7) is 3.86. The van der Waals surface area contributed by atoms with Gasteiger partial charge in [-0.05, 0) is 44.2 Å². The first-order chi connectivity index (χ1) is 12.4. The molecule has 0 saturated carbocycles. The van der Waals surface area contributed by atoms with Crippen LogP contribution in [0.4, 0.5) is 0 Å². The molecular formula is C19H15Cl3N2O2. The molecule has 0 N–H and O–H groups in total.